The zero-order chi connectivity index (χ0) is 16.4. The summed E-state index contributed by atoms with van der Waals surface area (Å²) in [5, 5.41) is 0. The van der Waals surface area contributed by atoms with E-state index in [0.29, 0.717) is 0 Å². The van der Waals surface area contributed by atoms with Crippen LogP contribution in [-0.2, 0) is 29.3 Å². The molecule has 0 unspecified atom stereocenters. The highest BCUT2D eigenvalue weighted by atomic mass is 19.4. The summed E-state index contributed by atoms with van der Waals surface area (Å²) >= 11 is 0. The van der Waals surface area contributed by atoms with Crippen LogP contribution in [0.3, 0.4) is 0 Å². The molecule has 0 bridgehead atoms. The number of halogens is 10. The smallest absolute Gasteiger partial charge is 0.247 e. The summed E-state index contributed by atoms with van der Waals surface area (Å²) < 4.78 is 131. The third-order valence-corrected chi connectivity index (χ3v) is 2.65. The zero-order valence-electron chi connectivity index (χ0n) is 9.34. The van der Waals surface area contributed by atoms with E-state index in [2.05, 4.69) is 4.74 Å². The van der Waals surface area contributed by atoms with Gasteiger partial charge in [-0.05, 0) is 12.1 Å². The number of alkyl halides is 10. The van der Waals surface area contributed by atoms with Gasteiger partial charge in [-0.1, -0.05) is 0 Å². The fourth-order valence-electron chi connectivity index (χ4n) is 1.94. The molecule has 1 heterocycles. The van der Waals surface area contributed by atoms with Crippen LogP contribution < -0.4 is 0 Å². The lowest BCUT2D eigenvalue weighted by Gasteiger charge is -2.18. The zero-order valence-corrected chi connectivity index (χ0v) is 9.34. The van der Waals surface area contributed by atoms with Crippen molar-refractivity contribution in [3.8, 4) is 0 Å². The van der Waals surface area contributed by atoms with E-state index in [1.807, 2.05) is 0 Å². The molecule has 0 spiro atoms. The molecule has 1 aliphatic rings. The van der Waals surface area contributed by atoms with Crippen molar-refractivity contribution in [2.75, 3.05) is 0 Å². The van der Waals surface area contributed by atoms with Crippen molar-refractivity contribution >= 4 is 0 Å². The van der Waals surface area contributed by atoms with E-state index >= 15 is 0 Å². The third kappa shape index (κ3) is 2.43. The van der Waals surface area contributed by atoms with Crippen LogP contribution in [0.25, 0.3) is 0 Å². The Labute approximate surface area is 109 Å². The lowest BCUT2D eigenvalue weighted by atomic mass is 9.95. The van der Waals surface area contributed by atoms with Crippen LogP contribution in [0.5, 0.6) is 0 Å². The fourth-order valence-corrected chi connectivity index (χ4v) is 1.94. The molecule has 11 heteroatoms. The van der Waals surface area contributed by atoms with E-state index < -0.39 is 46.8 Å². The predicted molar refractivity (Wildman–Crippen MR) is 45.3 cm³/mol. The van der Waals surface area contributed by atoms with Gasteiger partial charge in [-0.3, -0.25) is 0 Å². The summed E-state index contributed by atoms with van der Waals surface area (Å²) in [5.41, 5.74) is -9.66. The van der Waals surface area contributed by atoms with Gasteiger partial charge in [0.1, 0.15) is 0 Å². The highest BCUT2D eigenvalue weighted by molar-refractivity contribution is 5.49. The van der Waals surface area contributed by atoms with Gasteiger partial charge in [0.2, 0.25) is 0 Å². The Balaban J connectivity index is 2.91. The molecule has 2 rings (SSSR count). The monoisotopic (exact) mass is 328 g/mol. The SMILES string of the molecule is FC(F)(F)c1ccc(C(F)(F)F)c2c1C(F)(F)OC2(F)F. The second-order valence-corrected chi connectivity index (χ2v) is 4.04. The second kappa shape index (κ2) is 4.02. The van der Waals surface area contributed by atoms with Crippen LogP contribution in [0.1, 0.15) is 22.3 Å². The van der Waals surface area contributed by atoms with Crippen LogP contribution in [0, 0.1) is 0 Å². The topological polar surface area (TPSA) is 9.23 Å². The first-order valence-electron chi connectivity index (χ1n) is 4.96. The molecule has 0 atom stereocenters. The second-order valence-electron chi connectivity index (χ2n) is 4.04. The summed E-state index contributed by atoms with van der Waals surface area (Å²) in [4.78, 5) is 0. The maximum absolute atomic E-state index is 13.2. The molecule has 1 aliphatic heterocycles. The van der Waals surface area contributed by atoms with Crippen molar-refractivity contribution in [3.63, 3.8) is 0 Å². The number of benzene rings is 1. The summed E-state index contributed by atoms with van der Waals surface area (Å²) in [6.45, 7) is 0. The van der Waals surface area contributed by atoms with E-state index in [4.69, 9.17) is 0 Å². The van der Waals surface area contributed by atoms with Crippen LogP contribution >= 0.6 is 0 Å². The highest BCUT2D eigenvalue weighted by Gasteiger charge is 2.63. The molecule has 0 fully saturated rings. The number of hydrogen-bond acceptors (Lipinski definition) is 1. The Morgan fingerprint density at radius 1 is 0.667 bits per heavy atom. The van der Waals surface area contributed by atoms with E-state index in [1.54, 1.807) is 0 Å². The van der Waals surface area contributed by atoms with E-state index in [0.717, 1.165) is 0 Å². The van der Waals surface area contributed by atoms with Gasteiger partial charge in [-0.15, -0.1) is 0 Å². The first kappa shape index (κ1) is 15.9. The Morgan fingerprint density at radius 3 is 1.19 bits per heavy atom. The molecular formula is C10H2F10O. The first-order valence-corrected chi connectivity index (χ1v) is 4.96. The highest BCUT2D eigenvalue weighted by Crippen LogP contribution is 2.57. The summed E-state index contributed by atoms with van der Waals surface area (Å²) in [6, 6.07) is -0.666. The largest absolute Gasteiger partial charge is 0.417 e. The Bertz CT molecular complexity index is 532. The molecule has 1 nitrogen and oxygen atoms in total. The van der Waals surface area contributed by atoms with Gasteiger partial charge in [0.15, 0.2) is 0 Å². The van der Waals surface area contributed by atoms with Crippen molar-refractivity contribution in [2.45, 2.75) is 24.6 Å². The van der Waals surface area contributed by atoms with Crippen LogP contribution in [0.15, 0.2) is 12.1 Å². The van der Waals surface area contributed by atoms with Gasteiger partial charge in [-0.25, -0.2) is 4.74 Å². The Hall–Kier alpha value is -1.52. The van der Waals surface area contributed by atoms with Gasteiger partial charge in [0.05, 0.1) is 22.3 Å². The van der Waals surface area contributed by atoms with Crippen LogP contribution in [0.4, 0.5) is 43.9 Å². The van der Waals surface area contributed by atoms with Crippen LogP contribution in [0.2, 0.25) is 0 Å². The summed E-state index contributed by atoms with van der Waals surface area (Å²) in [6.07, 6.45) is -21.5. The van der Waals surface area contributed by atoms with Gasteiger partial charge >= 0.3 is 24.6 Å². The Morgan fingerprint density at radius 2 is 0.952 bits per heavy atom. The number of hydrogen-bond donors (Lipinski definition) is 0. The minimum Gasteiger partial charge on any atom is -0.247 e. The molecule has 0 amide bonds. The average Bonchev–Trinajstić information content (AvgIpc) is 2.41. The van der Waals surface area contributed by atoms with Crippen LogP contribution in [-0.4, -0.2) is 0 Å². The molecule has 118 valence electrons. The molecule has 0 aromatic heterocycles. The normalized spacial score (nSPS) is 20.5. The quantitative estimate of drug-likeness (QED) is 0.619. The van der Waals surface area contributed by atoms with Crippen molar-refractivity contribution in [1.29, 1.82) is 0 Å². The average molecular weight is 328 g/mol. The molecule has 21 heavy (non-hydrogen) atoms. The molecular weight excluding hydrogens is 326 g/mol. The van der Waals surface area contributed by atoms with Crippen molar-refractivity contribution in [2.24, 2.45) is 0 Å². The van der Waals surface area contributed by atoms with Gasteiger partial charge in [0.25, 0.3) is 0 Å². The molecule has 1 aromatic rings. The van der Waals surface area contributed by atoms with E-state index in [-0.39, 0.29) is 12.1 Å². The van der Waals surface area contributed by atoms with E-state index in [9.17, 15) is 43.9 Å². The van der Waals surface area contributed by atoms with Gasteiger partial charge in [-0.2, -0.15) is 43.9 Å². The Kier molecular flexibility index (Phi) is 3.04. The summed E-state index contributed by atoms with van der Waals surface area (Å²) in [7, 11) is 0. The third-order valence-electron chi connectivity index (χ3n) is 2.65. The standard InChI is InChI=1S/C10H2F10O/c11-7(12,13)3-1-2-4(8(14,15)16)6-5(3)9(17,18)21-10(6,19)20/h1-2H. The summed E-state index contributed by atoms with van der Waals surface area (Å²) in [5.74, 6) is 0. The van der Waals surface area contributed by atoms with E-state index in [1.165, 1.54) is 0 Å². The number of ether oxygens (including phenoxy) is 1. The number of fused-ring (bicyclic) bond motifs is 1. The molecule has 0 aliphatic carbocycles. The molecule has 0 saturated heterocycles. The molecule has 0 radical (unpaired) electrons. The first-order chi connectivity index (χ1) is 9.18. The van der Waals surface area contributed by atoms with Crippen molar-refractivity contribution in [3.05, 3.63) is 34.4 Å². The molecule has 0 saturated carbocycles. The maximum atomic E-state index is 13.2. The lowest BCUT2D eigenvalue weighted by Crippen LogP contribution is -2.20. The predicted octanol–water partition coefficient (Wildman–Crippen LogP) is 4.85. The van der Waals surface area contributed by atoms with Crippen molar-refractivity contribution < 1.29 is 48.6 Å². The fraction of sp³-hybridized carbons (Fsp3) is 0.400. The molecule has 1 aromatic carbocycles. The molecule has 0 N–H and O–H groups in total. The minimum atomic E-state index is -5.55. The van der Waals surface area contributed by atoms with Gasteiger partial charge < -0.3 is 0 Å². The lowest BCUT2D eigenvalue weighted by molar-refractivity contribution is -0.370. The van der Waals surface area contributed by atoms with Gasteiger partial charge in [0, 0.05) is 0 Å². The maximum Gasteiger partial charge on any atom is 0.417 e. The minimum absolute atomic E-state index is 0.333. The van der Waals surface area contributed by atoms with Crippen molar-refractivity contribution in [1.82, 2.24) is 0 Å². The number of rotatable bonds is 0.